The van der Waals surface area contributed by atoms with E-state index in [0.717, 1.165) is 5.92 Å². The van der Waals surface area contributed by atoms with Crippen LogP contribution in [-0.2, 0) is 5.41 Å². The topological polar surface area (TPSA) is 12.0 Å². The van der Waals surface area contributed by atoms with Crippen LogP contribution in [0.25, 0.3) is 0 Å². The molecule has 86 valence electrons. The first kappa shape index (κ1) is 10.3. The molecule has 1 heterocycles. The van der Waals surface area contributed by atoms with Crippen molar-refractivity contribution < 1.29 is 0 Å². The molecular weight excluding hydrogens is 194 g/mol. The van der Waals surface area contributed by atoms with Crippen LogP contribution in [0.2, 0.25) is 0 Å². The summed E-state index contributed by atoms with van der Waals surface area (Å²) in [5.74, 6) is 0.762. The second kappa shape index (κ2) is 3.59. The van der Waals surface area contributed by atoms with Gasteiger partial charge >= 0.3 is 0 Å². The zero-order valence-electron chi connectivity index (χ0n) is 10.3. The van der Waals surface area contributed by atoms with Gasteiger partial charge in [-0.05, 0) is 48.3 Å². The van der Waals surface area contributed by atoms with Gasteiger partial charge in [0.1, 0.15) is 0 Å². The minimum atomic E-state index is 0.335. The van der Waals surface area contributed by atoms with Crippen molar-refractivity contribution in [1.82, 2.24) is 5.32 Å². The van der Waals surface area contributed by atoms with E-state index in [1.165, 1.54) is 25.8 Å². The van der Waals surface area contributed by atoms with Gasteiger partial charge < -0.3 is 5.32 Å². The quantitative estimate of drug-likeness (QED) is 0.701. The Morgan fingerprint density at radius 2 is 2.06 bits per heavy atom. The zero-order chi connectivity index (χ0) is 11.2. The molecule has 0 aromatic heterocycles. The molecular formula is C15H21N. The molecule has 0 saturated carbocycles. The molecule has 2 aliphatic rings. The van der Waals surface area contributed by atoms with Crippen molar-refractivity contribution in [3.8, 4) is 0 Å². The maximum Gasteiger partial charge on any atom is 0.0144 e. The molecule has 2 atom stereocenters. The van der Waals surface area contributed by atoms with Crippen molar-refractivity contribution in [2.45, 2.75) is 50.5 Å². The van der Waals surface area contributed by atoms with Crippen LogP contribution in [0.5, 0.6) is 0 Å². The van der Waals surface area contributed by atoms with Gasteiger partial charge in [0.25, 0.3) is 0 Å². The van der Waals surface area contributed by atoms with Gasteiger partial charge in [-0.2, -0.15) is 0 Å². The van der Waals surface area contributed by atoms with Crippen molar-refractivity contribution >= 4 is 0 Å². The summed E-state index contributed by atoms with van der Waals surface area (Å²) in [6, 6.07) is 9.78. The van der Waals surface area contributed by atoms with Gasteiger partial charge in [-0.3, -0.25) is 0 Å². The zero-order valence-corrected chi connectivity index (χ0v) is 10.3. The van der Waals surface area contributed by atoms with E-state index in [9.17, 15) is 0 Å². The lowest BCUT2D eigenvalue weighted by molar-refractivity contribution is 0.259. The Morgan fingerprint density at radius 3 is 2.94 bits per heavy atom. The first-order valence-corrected chi connectivity index (χ1v) is 6.51. The van der Waals surface area contributed by atoms with Crippen LogP contribution in [0, 0.1) is 0 Å². The van der Waals surface area contributed by atoms with Crippen molar-refractivity contribution in [2.24, 2.45) is 0 Å². The third-order valence-electron chi connectivity index (χ3n) is 4.40. The minimum Gasteiger partial charge on any atom is -0.313 e. The normalized spacial score (nSPS) is 31.6. The largest absolute Gasteiger partial charge is 0.313 e. The predicted octanol–water partition coefficient (Wildman–Crippen LogP) is 3.20. The molecule has 1 aliphatic heterocycles. The lowest BCUT2D eigenvalue weighted by Gasteiger charge is -2.45. The van der Waals surface area contributed by atoms with Crippen LogP contribution >= 0.6 is 0 Å². The summed E-state index contributed by atoms with van der Waals surface area (Å²) in [4.78, 5) is 0. The van der Waals surface area contributed by atoms with Gasteiger partial charge in [-0.25, -0.2) is 0 Å². The molecule has 16 heavy (non-hydrogen) atoms. The number of benzene rings is 1. The van der Waals surface area contributed by atoms with Crippen molar-refractivity contribution in [3.63, 3.8) is 0 Å². The summed E-state index contributed by atoms with van der Waals surface area (Å²) >= 11 is 0. The van der Waals surface area contributed by atoms with Gasteiger partial charge in [0.05, 0.1) is 0 Å². The van der Waals surface area contributed by atoms with Gasteiger partial charge in [-0.1, -0.05) is 38.1 Å². The maximum absolute atomic E-state index is 3.72. The number of nitrogens with one attached hydrogen (secondary N) is 1. The average Bonchev–Trinajstić information content (AvgIpc) is 2.29. The molecule has 0 radical (unpaired) electrons. The Balaban J connectivity index is 2.09. The fourth-order valence-electron chi connectivity index (χ4n) is 3.64. The van der Waals surface area contributed by atoms with Crippen LogP contribution in [0.3, 0.4) is 0 Å². The fourth-order valence-corrected chi connectivity index (χ4v) is 3.64. The summed E-state index contributed by atoms with van der Waals surface area (Å²) in [5, 5.41) is 3.72. The lowest BCUT2D eigenvalue weighted by atomic mass is 9.64. The molecule has 0 amide bonds. The third-order valence-corrected chi connectivity index (χ3v) is 4.40. The van der Waals surface area contributed by atoms with Crippen molar-refractivity contribution in [1.29, 1.82) is 0 Å². The van der Waals surface area contributed by atoms with Crippen molar-refractivity contribution in [3.05, 3.63) is 35.4 Å². The standard InChI is InChI=1S/C15H21N/c1-15(2)10-14-12(7-5-9-16-14)11-6-3-4-8-13(11)15/h3-4,6,8,12,14,16H,5,7,9-10H2,1-2H3/t12-,14+/m1/s1. The summed E-state index contributed by atoms with van der Waals surface area (Å²) < 4.78 is 0. The van der Waals surface area contributed by atoms with Gasteiger partial charge in [-0.15, -0.1) is 0 Å². The summed E-state index contributed by atoms with van der Waals surface area (Å²) in [7, 11) is 0. The highest BCUT2D eigenvalue weighted by Crippen LogP contribution is 2.45. The van der Waals surface area contributed by atoms with E-state index < -0.39 is 0 Å². The Bertz CT molecular complexity index is 394. The van der Waals surface area contributed by atoms with Crippen LogP contribution in [-0.4, -0.2) is 12.6 Å². The van der Waals surface area contributed by atoms with Gasteiger partial charge in [0.2, 0.25) is 0 Å². The van der Waals surface area contributed by atoms with Gasteiger partial charge in [0, 0.05) is 6.04 Å². The van der Waals surface area contributed by atoms with E-state index in [4.69, 9.17) is 0 Å². The second-order valence-corrected chi connectivity index (χ2v) is 5.98. The van der Waals surface area contributed by atoms with Gasteiger partial charge in [0.15, 0.2) is 0 Å². The fraction of sp³-hybridized carbons (Fsp3) is 0.600. The molecule has 0 unspecified atom stereocenters. The number of rotatable bonds is 0. The number of fused-ring (bicyclic) bond motifs is 3. The summed E-state index contributed by atoms with van der Waals surface area (Å²) in [6.45, 7) is 5.98. The Morgan fingerprint density at radius 1 is 1.25 bits per heavy atom. The molecule has 3 rings (SSSR count). The van der Waals surface area contributed by atoms with Crippen LogP contribution in [0.1, 0.15) is 50.2 Å². The molecule has 1 nitrogen and oxygen atoms in total. The highest BCUT2D eigenvalue weighted by atomic mass is 14.9. The maximum atomic E-state index is 3.72. The number of hydrogen-bond donors (Lipinski definition) is 1. The summed E-state index contributed by atoms with van der Waals surface area (Å²) in [6.07, 6.45) is 3.98. The average molecular weight is 215 g/mol. The van der Waals surface area contributed by atoms with Crippen LogP contribution in [0.4, 0.5) is 0 Å². The molecule has 0 bridgehead atoms. The monoisotopic (exact) mass is 215 g/mol. The molecule has 1 N–H and O–H groups in total. The molecule has 1 saturated heterocycles. The molecule has 0 spiro atoms. The first-order valence-electron chi connectivity index (χ1n) is 6.51. The Kier molecular flexibility index (Phi) is 2.32. The minimum absolute atomic E-state index is 0.335. The lowest BCUT2D eigenvalue weighted by Crippen LogP contribution is -2.47. The van der Waals surface area contributed by atoms with E-state index in [1.54, 1.807) is 11.1 Å². The molecule has 1 aliphatic carbocycles. The second-order valence-electron chi connectivity index (χ2n) is 5.98. The molecule has 1 aromatic rings. The van der Waals surface area contributed by atoms with E-state index in [-0.39, 0.29) is 0 Å². The predicted molar refractivity (Wildman–Crippen MR) is 67.9 cm³/mol. The smallest absolute Gasteiger partial charge is 0.0144 e. The van der Waals surface area contributed by atoms with Crippen molar-refractivity contribution in [2.75, 3.05) is 6.54 Å². The number of piperidine rings is 1. The highest BCUT2D eigenvalue weighted by molar-refractivity contribution is 5.40. The van der Waals surface area contributed by atoms with E-state index >= 15 is 0 Å². The molecule has 1 aromatic carbocycles. The van der Waals surface area contributed by atoms with E-state index in [2.05, 4.69) is 43.4 Å². The third kappa shape index (κ3) is 1.49. The highest BCUT2D eigenvalue weighted by Gasteiger charge is 2.39. The Labute approximate surface area is 98.3 Å². The van der Waals surface area contributed by atoms with E-state index in [1.807, 2.05) is 0 Å². The Hall–Kier alpha value is -0.820. The molecule has 1 fully saturated rings. The first-order chi connectivity index (χ1) is 7.68. The SMILES string of the molecule is CC1(C)C[C@@H]2NCCC[C@@H]2c2ccccc21. The van der Waals surface area contributed by atoms with Crippen LogP contribution in [0.15, 0.2) is 24.3 Å². The summed E-state index contributed by atoms with van der Waals surface area (Å²) in [5.41, 5.74) is 3.53. The number of hydrogen-bond acceptors (Lipinski definition) is 1. The van der Waals surface area contributed by atoms with E-state index in [0.29, 0.717) is 11.5 Å². The molecule has 1 heteroatoms. The van der Waals surface area contributed by atoms with Crippen LogP contribution < -0.4 is 5.32 Å².